The predicted octanol–water partition coefficient (Wildman–Crippen LogP) is 3.29. The highest BCUT2D eigenvalue weighted by Gasteiger charge is 2.28. The summed E-state index contributed by atoms with van der Waals surface area (Å²) in [5.74, 6) is 0.219. The van der Waals surface area contributed by atoms with Crippen molar-refractivity contribution in [2.45, 2.75) is 44.9 Å². The van der Waals surface area contributed by atoms with Crippen molar-refractivity contribution in [3.05, 3.63) is 0 Å². The summed E-state index contributed by atoms with van der Waals surface area (Å²) in [6, 6.07) is 0. The van der Waals surface area contributed by atoms with E-state index in [1.54, 1.807) is 0 Å². The number of aliphatic carboxylic acids is 1. The molecular formula is C11H19ClO2. The summed E-state index contributed by atoms with van der Waals surface area (Å²) in [6.07, 6.45) is 7.46. The van der Waals surface area contributed by atoms with Crippen LogP contribution in [0, 0.1) is 11.8 Å². The molecule has 1 aliphatic carbocycles. The molecule has 0 amide bonds. The quantitative estimate of drug-likeness (QED) is 0.719. The first kappa shape index (κ1) is 11.8. The van der Waals surface area contributed by atoms with Crippen molar-refractivity contribution in [2.75, 3.05) is 5.88 Å². The predicted molar refractivity (Wildman–Crippen MR) is 57.7 cm³/mol. The lowest BCUT2D eigenvalue weighted by atomic mass is 9.78. The van der Waals surface area contributed by atoms with Gasteiger partial charge in [-0.2, -0.15) is 0 Å². The number of hydrogen-bond acceptors (Lipinski definition) is 1. The number of halogens is 1. The number of carbonyl (C=O) groups is 1. The van der Waals surface area contributed by atoms with Gasteiger partial charge in [0.15, 0.2) is 0 Å². The fraction of sp³-hybridized carbons (Fsp3) is 0.909. The van der Waals surface area contributed by atoms with Crippen LogP contribution in [0.1, 0.15) is 44.9 Å². The topological polar surface area (TPSA) is 37.3 Å². The average Bonchev–Trinajstić information content (AvgIpc) is 2.19. The number of alkyl halides is 1. The van der Waals surface area contributed by atoms with E-state index in [2.05, 4.69) is 0 Å². The zero-order chi connectivity index (χ0) is 10.4. The van der Waals surface area contributed by atoms with E-state index in [1.807, 2.05) is 0 Å². The lowest BCUT2D eigenvalue weighted by Gasteiger charge is -2.27. The van der Waals surface area contributed by atoms with E-state index in [9.17, 15) is 4.79 Å². The van der Waals surface area contributed by atoms with Crippen LogP contribution in [0.4, 0.5) is 0 Å². The Bertz CT molecular complexity index is 176. The molecule has 0 saturated heterocycles. The SMILES string of the molecule is O=C(O)C(CCCCl)C1CCCCC1. The highest BCUT2D eigenvalue weighted by molar-refractivity contribution is 6.17. The molecule has 82 valence electrons. The maximum Gasteiger partial charge on any atom is 0.306 e. The third kappa shape index (κ3) is 3.49. The molecule has 0 aromatic rings. The molecule has 14 heavy (non-hydrogen) atoms. The molecule has 3 heteroatoms. The first-order chi connectivity index (χ1) is 6.75. The van der Waals surface area contributed by atoms with Gasteiger partial charge in [0, 0.05) is 5.88 Å². The normalized spacial score (nSPS) is 20.6. The van der Waals surface area contributed by atoms with Crippen LogP contribution in [-0.2, 0) is 4.79 Å². The molecule has 1 unspecified atom stereocenters. The number of carboxylic acid groups (broad SMARTS) is 1. The summed E-state index contributed by atoms with van der Waals surface area (Å²) in [5, 5.41) is 9.11. The molecule has 0 heterocycles. The maximum absolute atomic E-state index is 11.1. The van der Waals surface area contributed by atoms with Crippen molar-refractivity contribution in [3.63, 3.8) is 0 Å². The molecule has 1 atom stereocenters. The molecular weight excluding hydrogens is 200 g/mol. The average molecular weight is 219 g/mol. The minimum atomic E-state index is -0.623. The first-order valence-electron chi connectivity index (χ1n) is 5.54. The van der Waals surface area contributed by atoms with Crippen LogP contribution in [-0.4, -0.2) is 17.0 Å². The monoisotopic (exact) mass is 218 g/mol. The highest BCUT2D eigenvalue weighted by atomic mass is 35.5. The van der Waals surface area contributed by atoms with Gasteiger partial charge < -0.3 is 5.11 Å². The Labute approximate surface area is 90.6 Å². The minimum absolute atomic E-state index is 0.144. The molecule has 1 N–H and O–H groups in total. The van der Waals surface area contributed by atoms with Gasteiger partial charge in [-0.05, 0) is 31.6 Å². The summed E-state index contributed by atoms with van der Waals surface area (Å²) >= 11 is 5.60. The largest absolute Gasteiger partial charge is 0.481 e. The number of hydrogen-bond donors (Lipinski definition) is 1. The summed E-state index contributed by atoms with van der Waals surface area (Å²) in [4.78, 5) is 11.1. The van der Waals surface area contributed by atoms with Gasteiger partial charge in [0.1, 0.15) is 0 Å². The van der Waals surface area contributed by atoms with Gasteiger partial charge in [-0.3, -0.25) is 4.79 Å². The number of carboxylic acids is 1. The van der Waals surface area contributed by atoms with Crippen molar-refractivity contribution >= 4 is 17.6 Å². The minimum Gasteiger partial charge on any atom is -0.481 e. The summed E-state index contributed by atoms with van der Waals surface area (Å²) in [5.41, 5.74) is 0. The van der Waals surface area contributed by atoms with Gasteiger partial charge in [0.05, 0.1) is 5.92 Å². The summed E-state index contributed by atoms with van der Waals surface area (Å²) in [6.45, 7) is 0. The zero-order valence-corrected chi connectivity index (χ0v) is 9.30. The van der Waals surface area contributed by atoms with Gasteiger partial charge in [-0.15, -0.1) is 11.6 Å². The van der Waals surface area contributed by atoms with Crippen molar-refractivity contribution < 1.29 is 9.90 Å². The Morgan fingerprint density at radius 2 is 2.00 bits per heavy atom. The molecule has 1 aliphatic rings. The third-order valence-corrected chi connectivity index (χ3v) is 3.45. The summed E-state index contributed by atoms with van der Waals surface area (Å²) < 4.78 is 0. The van der Waals surface area contributed by atoms with Crippen LogP contribution in [0.15, 0.2) is 0 Å². The highest BCUT2D eigenvalue weighted by Crippen LogP contribution is 2.32. The maximum atomic E-state index is 11.1. The second-order valence-corrected chi connectivity index (χ2v) is 4.55. The van der Waals surface area contributed by atoms with E-state index >= 15 is 0 Å². The van der Waals surface area contributed by atoms with E-state index in [0.29, 0.717) is 11.8 Å². The van der Waals surface area contributed by atoms with Crippen molar-refractivity contribution in [1.29, 1.82) is 0 Å². The lowest BCUT2D eigenvalue weighted by molar-refractivity contribution is -0.144. The first-order valence-corrected chi connectivity index (χ1v) is 6.08. The standard InChI is InChI=1S/C11H19ClO2/c12-8-4-7-10(11(13)14)9-5-2-1-3-6-9/h9-10H,1-8H2,(H,13,14). The molecule has 1 saturated carbocycles. The summed E-state index contributed by atoms with van der Waals surface area (Å²) in [7, 11) is 0. The third-order valence-electron chi connectivity index (χ3n) is 3.18. The molecule has 0 bridgehead atoms. The molecule has 0 spiro atoms. The van der Waals surface area contributed by atoms with Gasteiger partial charge in [-0.1, -0.05) is 19.3 Å². The Morgan fingerprint density at radius 3 is 2.50 bits per heavy atom. The second-order valence-electron chi connectivity index (χ2n) is 4.17. The molecule has 2 nitrogen and oxygen atoms in total. The Morgan fingerprint density at radius 1 is 1.36 bits per heavy atom. The Balaban J connectivity index is 2.43. The molecule has 0 aromatic carbocycles. The van der Waals surface area contributed by atoms with Gasteiger partial charge in [0.25, 0.3) is 0 Å². The molecule has 1 fully saturated rings. The van der Waals surface area contributed by atoms with Gasteiger partial charge in [0.2, 0.25) is 0 Å². The van der Waals surface area contributed by atoms with E-state index in [1.165, 1.54) is 19.3 Å². The van der Waals surface area contributed by atoms with E-state index in [-0.39, 0.29) is 5.92 Å². The molecule has 0 aliphatic heterocycles. The van der Waals surface area contributed by atoms with Crippen molar-refractivity contribution in [1.82, 2.24) is 0 Å². The lowest BCUT2D eigenvalue weighted by Crippen LogP contribution is -2.25. The van der Waals surface area contributed by atoms with Crippen LogP contribution in [0.2, 0.25) is 0 Å². The fourth-order valence-electron chi connectivity index (χ4n) is 2.39. The molecule has 0 radical (unpaired) electrons. The van der Waals surface area contributed by atoms with Crippen LogP contribution in [0.3, 0.4) is 0 Å². The van der Waals surface area contributed by atoms with Crippen LogP contribution >= 0.6 is 11.6 Å². The zero-order valence-electron chi connectivity index (χ0n) is 8.54. The fourth-order valence-corrected chi connectivity index (χ4v) is 2.55. The van der Waals surface area contributed by atoms with E-state index in [4.69, 9.17) is 16.7 Å². The second kappa shape index (κ2) is 6.28. The Hall–Kier alpha value is -0.240. The van der Waals surface area contributed by atoms with Crippen molar-refractivity contribution in [3.8, 4) is 0 Å². The van der Waals surface area contributed by atoms with E-state index in [0.717, 1.165) is 25.7 Å². The van der Waals surface area contributed by atoms with Crippen LogP contribution in [0.5, 0.6) is 0 Å². The van der Waals surface area contributed by atoms with Gasteiger partial charge >= 0.3 is 5.97 Å². The smallest absolute Gasteiger partial charge is 0.306 e. The van der Waals surface area contributed by atoms with Crippen molar-refractivity contribution in [2.24, 2.45) is 11.8 Å². The molecule has 0 aromatic heterocycles. The van der Waals surface area contributed by atoms with Crippen LogP contribution in [0.25, 0.3) is 0 Å². The van der Waals surface area contributed by atoms with E-state index < -0.39 is 5.97 Å². The number of rotatable bonds is 5. The molecule has 1 rings (SSSR count). The Kier molecular flexibility index (Phi) is 5.31. The van der Waals surface area contributed by atoms with Gasteiger partial charge in [-0.25, -0.2) is 0 Å². The van der Waals surface area contributed by atoms with Crippen LogP contribution < -0.4 is 0 Å².